The van der Waals surface area contributed by atoms with Crippen molar-refractivity contribution in [2.24, 2.45) is 0 Å². The zero-order chi connectivity index (χ0) is 21.1. The molecule has 1 fully saturated rings. The van der Waals surface area contributed by atoms with Crippen molar-refractivity contribution in [2.75, 3.05) is 23.4 Å². The average molecular weight is 406 g/mol. The first-order chi connectivity index (χ1) is 14.5. The zero-order valence-electron chi connectivity index (χ0n) is 16.8. The number of hydrogen-bond acceptors (Lipinski definition) is 6. The maximum absolute atomic E-state index is 12.6. The molecule has 0 bridgehead atoms. The Morgan fingerprint density at radius 1 is 1.20 bits per heavy atom. The Hall–Kier alpha value is -3.68. The third kappa shape index (κ3) is 4.03. The van der Waals surface area contributed by atoms with E-state index in [0.29, 0.717) is 30.4 Å². The molecule has 1 aliphatic rings. The third-order valence-electron chi connectivity index (χ3n) is 4.91. The van der Waals surface area contributed by atoms with E-state index in [1.807, 2.05) is 38.1 Å². The lowest BCUT2D eigenvalue weighted by atomic mass is 10.1. The van der Waals surface area contributed by atoms with E-state index in [4.69, 9.17) is 9.15 Å². The zero-order valence-corrected chi connectivity index (χ0v) is 16.8. The number of aryl methyl sites for hydroxylation is 1. The quantitative estimate of drug-likeness (QED) is 0.672. The van der Waals surface area contributed by atoms with Gasteiger partial charge in [0.05, 0.1) is 18.1 Å². The van der Waals surface area contributed by atoms with Crippen molar-refractivity contribution in [2.45, 2.75) is 26.2 Å². The minimum absolute atomic E-state index is 0.00159. The van der Waals surface area contributed by atoms with Crippen molar-refractivity contribution in [1.29, 1.82) is 0 Å². The summed E-state index contributed by atoms with van der Waals surface area (Å²) in [5.41, 5.74) is 2.35. The van der Waals surface area contributed by atoms with E-state index in [0.717, 1.165) is 11.3 Å². The number of rotatable bonds is 6. The summed E-state index contributed by atoms with van der Waals surface area (Å²) >= 11 is 0. The largest absolute Gasteiger partial charge is 0.493 e. The first-order valence-corrected chi connectivity index (χ1v) is 9.78. The molecule has 1 saturated heterocycles. The molecule has 154 valence electrons. The molecule has 0 aliphatic carbocycles. The molecule has 2 aromatic carbocycles. The minimum atomic E-state index is -0.405. The second-order valence-corrected chi connectivity index (χ2v) is 7.07. The summed E-state index contributed by atoms with van der Waals surface area (Å²) in [4.78, 5) is 26.8. The second kappa shape index (κ2) is 8.36. The predicted octanol–water partition coefficient (Wildman–Crippen LogP) is 3.55. The van der Waals surface area contributed by atoms with Gasteiger partial charge in [-0.15, -0.1) is 5.10 Å². The van der Waals surface area contributed by atoms with Gasteiger partial charge in [0.2, 0.25) is 11.8 Å². The lowest BCUT2D eigenvalue weighted by molar-refractivity contribution is -0.117. The Morgan fingerprint density at radius 3 is 2.73 bits per heavy atom. The second-order valence-electron chi connectivity index (χ2n) is 7.07. The summed E-state index contributed by atoms with van der Waals surface area (Å²) in [6, 6.07) is 14.7. The lowest BCUT2D eigenvalue weighted by Crippen LogP contribution is -2.24. The van der Waals surface area contributed by atoms with Crippen LogP contribution in [0.25, 0.3) is 0 Å². The highest BCUT2D eigenvalue weighted by Crippen LogP contribution is 2.32. The summed E-state index contributed by atoms with van der Waals surface area (Å²) in [6.07, 6.45) is 0.274. The fourth-order valence-corrected chi connectivity index (χ4v) is 3.40. The normalized spacial score (nSPS) is 16.0. The van der Waals surface area contributed by atoms with E-state index in [-0.39, 0.29) is 24.3 Å². The number of hydrogen-bond donors (Lipinski definition) is 1. The van der Waals surface area contributed by atoms with E-state index in [9.17, 15) is 9.59 Å². The first kappa shape index (κ1) is 19.6. The Morgan fingerprint density at radius 2 is 1.97 bits per heavy atom. The van der Waals surface area contributed by atoms with Crippen molar-refractivity contribution < 1.29 is 18.7 Å². The molecule has 3 aromatic rings. The van der Waals surface area contributed by atoms with E-state index in [2.05, 4.69) is 15.5 Å². The third-order valence-corrected chi connectivity index (χ3v) is 4.91. The Kier molecular flexibility index (Phi) is 5.47. The van der Waals surface area contributed by atoms with Crippen LogP contribution in [0.5, 0.6) is 5.75 Å². The Balaban J connectivity index is 1.45. The van der Waals surface area contributed by atoms with Gasteiger partial charge in [-0.05, 0) is 38.1 Å². The molecule has 8 heteroatoms. The van der Waals surface area contributed by atoms with E-state index < -0.39 is 5.91 Å². The van der Waals surface area contributed by atoms with Crippen LogP contribution in [0.4, 0.5) is 11.7 Å². The molecule has 0 spiro atoms. The number of carbonyl (C=O) groups is 2. The average Bonchev–Trinajstić information content (AvgIpc) is 3.36. The van der Waals surface area contributed by atoms with Crippen LogP contribution < -0.4 is 15.0 Å². The Bertz CT molecular complexity index is 1060. The summed E-state index contributed by atoms with van der Waals surface area (Å²) < 4.78 is 11.1. The van der Waals surface area contributed by atoms with Gasteiger partial charge in [0, 0.05) is 18.7 Å². The van der Waals surface area contributed by atoms with Crippen LogP contribution in [0.3, 0.4) is 0 Å². The van der Waals surface area contributed by atoms with Crippen LogP contribution in [-0.4, -0.2) is 35.2 Å². The van der Waals surface area contributed by atoms with Crippen LogP contribution in [0.15, 0.2) is 52.9 Å². The predicted molar refractivity (Wildman–Crippen MR) is 111 cm³/mol. The van der Waals surface area contributed by atoms with Gasteiger partial charge < -0.3 is 14.1 Å². The van der Waals surface area contributed by atoms with Crippen LogP contribution in [-0.2, 0) is 4.79 Å². The number of ether oxygens (including phenoxy) is 1. The fourth-order valence-electron chi connectivity index (χ4n) is 3.40. The number of anilines is 2. The minimum Gasteiger partial charge on any atom is -0.493 e. The lowest BCUT2D eigenvalue weighted by Gasteiger charge is -2.16. The molecule has 2 amide bonds. The first-order valence-electron chi connectivity index (χ1n) is 9.78. The molecule has 2 heterocycles. The van der Waals surface area contributed by atoms with Gasteiger partial charge in [-0.2, -0.15) is 0 Å². The molecule has 0 radical (unpaired) electrons. The number of nitrogens with zero attached hydrogens (tertiary/aromatic N) is 3. The highest BCUT2D eigenvalue weighted by molar-refractivity contribution is 6.05. The topological polar surface area (TPSA) is 97.6 Å². The SMILES string of the molecule is CCOc1ccccc1C(=O)Nc1nnc(C2CC(=O)N(c3ccc(C)cc3)C2)o1. The van der Waals surface area contributed by atoms with E-state index >= 15 is 0 Å². The highest BCUT2D eigenvalue weighted by Gasteiger charge is 2.35. The van der Waals surface area contributed by atoms with Crippen molar-refractivity contribution in [1.82, 2.24) is 10.2 Å². The molecule has 4 rings (SSSR count). The van der Waals surface area contributed by atoms with Gasteiger partial charge in [0.1, 0.15) is 5.75 Å². The van der Waals surface area contributed by atoms with E-state index in [1.165, 1.54) is 0 Å². The smallest absolute Gasteiger partial charge is 0.322 e. The van der Waals surface area contributed by atoms with Crippen molar-refractivity contribution in [3.05, 3.63) is 65.5 Å². The number of amides is 2. The standard InChI is InChI=1S/C22H22N4O4/c1-3-29-18-7-5-4-6-17(18)20(28)23-22-25-24-21(30-22)15-12-19(27)26(13-15)16-10-8-14(2)9-11-16/h4-11,15H,3,12-13H2,1-2H3,(H,23,25,28). The molecule has 1 atom stereocenters. The maximum atomic E-state index is 12.6. The maximum Gasteiger partial charge on any atom is 0.322 e. The summed E-state index contributed by atoms with van der Waals surface area (Å²) in [6.45, 7) is 4.74. The van der Waals surface area contributed by atoms with Gasteiger partial charge in [0.25, 0.3) is 5.91 Å². The molecular formula is C22H22N4O4. The molecule has 30 heavy (non-hydrogen) atoms. The molecule has 0 saturated carbocycles. The number of aromatic nitrogens is 2. The monoisotopic (exact) mass is 406 g/mol. The van der Waals surface area contributed by atoms with E-state index in [1.54, 1.807) is 29.2 Å². The molecule has 1 unspecified atom stereocenters. The van der Waals surface area contributed by atoms with Gasteiger partial charge in [-0.3, -0.25) is 14.9 Å². The van der Waals surface area contributed by atoms with Gasteiger partial charge in [-0.1, -0.05) is 34.9 Å². The Labute approximate surface area is 173 Å². The number of benzene rings is 2. The number of nitrogens with one attached hydrogen (secondary N) is 1. The van der Waals surface area contributed by atoms with Gasteiger partial charge >= 0.3 is 6.01 Å². The molecule has 1 aromatic heterocycles. The fraction of sp³-hybridized carbons (Fsp3) is 0.273. The van der Waals surface area contributed by atoms with Crippen LogP contribution >= 0.6 is 0 Å². The van der Waals surface area contributed by atoms with Gasteiger partial charge in [-0.25, -0.2) is 0 Å². The highest BCUT2D eigenvalue weighted by atomic mass is 16.5. The number of para-hydroxylation sites is 1. The molecule has 1 N–H and O–H groups in total. The molecule has 8 nitrogen and oxygen atoms in total. The van der Waals surface area contributed by atoms with Crippen molar-refractivity contribution in [3.63, 3.8) is 0 Å². The van der Waals surface area contributed by atoms with Crippen LogP contribution in [0.2, 0.25) is 0 Å². The van der Waals surface area contributed by atoms with Crippen LogP contribution in [0.1, 0.15) is 41.1 Å². The summed E-state index contributed by atoms with van der Waals surface area (Å²) in [5.74, 6) is 0.169. The van der Waals surface area contributed by atoms with Crippen molar-refractivity contribution >= 4 is 23.5 Å². The van der Waals surface area contributed by atoms with Crippen molar-refractivity contribution in [3.8, 4) is 5.75 Å². The summed E-state index contributed by atoms with van der Waals surface area (Å²) in [5, 5.41) is 10.6. The number of carbonyl (C=O) groups excluding carboxylic acids is 2. The van der Waals surface area contributed by atoms with Gasteiger partial charge in [0.15, 0.2) is 0 Å². The van der Waals surface area contributed by atoms with Crippen LogP contribution in [0, 0.1) is 6.92 Å². The molecule has 1 aliphatic heterocycles. The molecular weight excluding hydrogens is 384 g/mol. The summed E-state index contributed by atoms with van der Waals surface area (Å²) in [7, 11) is 0.